The topological polar surface area (TPSA) is 20.3 Å². The Morgan fingerprint density at radius 3 is 2.73 bits per heavy atom. The molecule has 0 aromatic heterocycles. The largest absolute Gasteiger partial charge is 0.297 e. The lowest BCUT2D eigenvalue weighted by atomic mass is 10.1. The van der Waals surface area contributed by atoms with Crippen molar-refractivity contribution in [2.75, 3.05) is 12.3 Å². The Morgan fingerprint density at radius 2 is 2.13 bits per heavy atom. The molecule has 0 unspecified atom stereocenters. The van der Waals surface area contributed by atoms with Crippen LogP contribution in [0, 0.1) is 0 Å². The summed E-state index contributed by atoms with van der Waals surface area (Å²) in [7, 11) is 0. The SMILES string of the molecule is O=C(Cc1ccccc1)N1CCSC1=S. The Morgan fingerprint density at radius 1 is 1.40 bits per heavy atom. The van der Waals surface area contributed by atoms with Gasteiger partial charge in [0.25, 0.3) is 0 Å². The molecule has 1 aliphatic rings. The van der Waals surface area contributed by atoms with Crippen LogP contribution in [0.5, 0.6) is 0 Å². The lowest BCUT2D eigenvalue weighted by molar-refractivity contribution is -0.126. The molecule has 1 aromatic carbocycles. The molecule has 1 aliphatic heterocycles. The monoisotopic (exact) mass is 237 g/mol. The molecule has 0 atom stereocenters. The molecule has 4 heteroatoms. The van der Waals surface area contributed by atoms with E-state index in [4.69, 9.17) is 12.2 Å². The Balaban J connectivity index is 2.01. The summed E-state index contributed by atoms with van der Waals surface area (Å²) in [5, 5.41) is 0. The van der Waals surface area contributed by atoms with E-state index in [1.807, 2.05) is 30.3 Å². The maximum atomic E-state index is 11.9. The van der Waals surface area contributed by atoms with E-state index in [-0.39, 0.29) is 5.91 Å². The van der Waals surface area contributed by atoms with Crippen LogP contribution in [0.2, 0.25) is 0 Å². The molecule has 1 saturated heterocycles. The number of hydrogen-bond acceptors (Lipinski definition) is 3. The highest BCUT2D eigenvalue weighted by atomic mass is 32.2. The minimum Gasteiger partial charge on any atom is -0.297 e. The number of benzene rings is 1. The first-order valence-corrected chi connectivity index (χ1v) is 6.18. The molecule has 0 radical (unpaired) electrons. The van der Waals surface area contributed by atoms with E-state index in [1.54, 1.807) is 16.7 Å². The number of thioether (sulfide) groups is 1. The van der Waals surface area contributed by atoms with Gasteiger partial charge in [-0.2, -0.15) is 0 Å². The number of nitrogens with zero attached hydrogens (tertiary/aromatic N) is 1. The summed E-state index contributed by atoms with van der Waals surface area (Å²) < 4.78 is 0.718. The zero-order chi connectivity index (χ0) is 10.7. The van der Waals surface area contributed by atoms with Crippen molar-refractivity contribution < 1.29 is 4.79 Å². The van der Waals surface area contributed by atoms with Crippen LogP contribution < -0.4 is 0 Å². The second-order valence-electron chi connectivity index (χ2n) is 3.32. The van der Waals surface area contributed by atoms with Crippen molar-refractivity contribution in [3.8, 4) is 0 Å². The quantitative estimate of drug-likeness (QED) is 0.735. The molecule has 1 aromatic rings. The third kappa shape index (κ3) is 2.58. The normalized spacial score (nSPS) is 15.7. The summed E-state index contributed by atoms with van der Waals surface area (Å²) in [5.41, 5.74) is 1.04. The molecule has 0 saturated carbocycles. The molecule has 1 heterocycles. The molecule has 15 heavy (non-hydrogen) atoms. The van der Waals surface area contributed by atoms with Crippen molar-refractivity contribution in [2.24, 2.45) is 0 Å². The van der Waals surface area contributed by atoms with Crippen molar-refractivity contribution in [3.05, 3.63) is 35.9 Å². The van der Waals surface area contributed by atoms with Gasteiger partial charge in [-0.25, -0.2) is 0 Å². The van der Waals surface area contributed by atoms with Crippen molar-refractivity contribution >= 4 is 34.2 Å². The van der Waals surface area contributed by atoms with Crippen molar-refractivity contribution in [2.45, 2.75) is 6.42 Å². The molecule has 0 N–H and O–H groups in total. The number of carbonyl (C=O) groups excluding carboxylic acids is 1. The second kappa shape index (κ2) is 4.77. The molecule has 2 nitrogen and oxygen atoms in total. The number of amides is 1. The molecular formula is C11H11NOS2. The first kappa shape index (κ1) is 10.6. The standard InChI is InChI=1S/C11H11NOS2/c13-10(12-6-7-15-11(12)14)8-9-4-2-1-3-5-9/h1-5H,6-8H2. The number of carbonyl (C=O) groups is 1. The first-order valence-electron chi connectivity index (χ1n) is 4.78. The first-order chi connectivity index (χ1) is 7.27. The predicted molar refractivity (Wildman–Crippen MR) is 66.9 cm³/mol. The molecule has 2 rings (SSSR count). The lowest BCUT2D eigenvalue weighted by Crippen LogP contribution is -2.31. The van der Waals surface area contributed by atoms with Crippen LogP contribution in [-0.4, -0.2) is 27.4 Å². The van der Waals surface area contributed by atoms with Gasteiger partial charge in [0.2, 0.25) is 5.91 Å². The van der Waals surface area contributed by atoms with Crippen molar-refractivity contribution in [1.82, 2.24) is 4.90 Å². The van der Waals surface area contributed by atoms with Crippen LogP contribution in [0.1, 0.15) is 5.56 Å². The Hall–Kier alpha value is -0.870. The van der Waals surface area contributed by atoms with Crippen molar-refractivity contribution in [3.63, 3.8) is 0 Å². The molecule has 0 spiro atoms. The Bertz CT molecular complexity index is 377. The van der Waals surface area contributed by atoms with E-state index >= 15 is 0 Å². The average molecular weight is 237 g/mol. The maximum absolute atomic E-state index is 11.9. The van der Waals surface area contributed by atoms with Crippen LogP contribution in [0.25, 0.3) is 0 Å². The third-order valence-electron chi connectivity index (χ3n) is 2.26. The fraction of sp³-hybridized carbons (Fsp3) is 0.273. The maximum Gasteiger partial charge on any atom is 0.232 e. The highest BCUT2D eigenvalue weighted by Crippen LogP contribution is 2.18. The van der Waals surface area contributed by atoms with Gasteiger partial charge >= 0.3 is 0 Å². The highest BCUT2D eigenvalue weighted by molar-refractivity contribution is 8.23. The second-order valence-corrected chi connectivity index (χ2v) is 5.05. The summed E-state index contributed by atoms with van der Waals surface area (Å²) in [6.07, 6.45) is 0.446. The van der Waals surface area contributed by atoms with Gasteiger partial charge < -0.3 is 0 Å². The van der Waals surface area contributed by atoms with E-state index in [2.05, 4.69) is 0 Å². The smallest absolute Gasteiger partial charge is 0.232 e. The summed E-state index contributed by atoms with van der Waals surface area (Å²) in [6, 6.07) is 9.76. The van der Waals surface area contributed by atoms with Gasteiger partial charge in [-0.3, -0.25) is 9.69 Å². The number of rotatable bonds is 2. The zero-order valence-corrected chi connectivity index (χ0v) is 9.81. The molecule has 1 amide bonds. The predicted octanol–water partition coefficient (Wildman–Crippen LogP) is 2.09. The summed E-state index contributed by atoms with van der Waals surface area (Å²) >= 11 is 6.68. The van der Waals surface area contributed by atoms with Gasteiger partial charge in [-0.05, 0) is 5.56 Å². The fourth-order valence-corrected chi connectivity index (χ4v) is 2.73. The number of thiocarbonyl (C=S) groups is 1. The van der Waals surface area contributed by atoms with Crippen LogP contribution in [0.3, 0.4) is 0 Å². The van der Waals surface area contributed by atoms with Gasteiger partial charge in [0, 0.05) is 12.3 Å². The zero-order valence-electron chi connectivity index (χ0n) is 8.18. The summed E-state index contributed by atoms with van der Waals surface area (Å²) in [6.45, 7) is 0.759. The third-order valence-corrected chi connectivity index (χ3v) is 3.69. The van der Waals surface area contributed by atoms with Gasteiger partial charge in [0.1, 0.15) is 4.32 Å². The molecule has 0 bridgehead atoms. The van der Waals surface area contributed by atoms with E-state index in [9.17, 15) is 4.79 Å². The molecule has 0 aliphatic carbocycles. The summed E-state index contributed by atoms with van der Waals surface area (Å²) in [4.78, 5) is 13.6. The minimum atomic E-state index is 0.108. The fourth-order valence-electron chi connectivity index (χ4n) is 1.49. The van der Waals surface area contributed by atoms with Crippen molar-refractivity contribution in [1.29, 1.82) is 0 Å². The summed E-state index contributed by atoms with van der Waals surface area (Å²) in [5.74, 6) is 1.04. The van der Waals surface area contributed by atoms with Crippen LogP contribution in [0.15, 0.2) is 30.3 Å². The van der Waals surface area contributed by atoms with E-state index in [0.717, 1.165) is 22.2 Å². The van der Waals surface area contributed by atoms with Crippen LogP contribution in [-0.2, 0) is 11.2 Å². The molecule has 1 fully saturated rings. The van der Waals surface area contributed by atoms with E-state index in [1.165, 1.54) is 0 Å². The number of hydrogen-bond donors (Lipinski definition) is 0. The van der Waals surface area contributed by atoms with E-state index in [0.29, 0.717) is 6.42 Å². The molecular weight excluding hydrogens is 226 g/mol. The van der Waals surface area contributed by atoms with Crippen LogP contribution in [0.4, 0.5) is 0 Å². The van der Waals surface area contributed by atoms with Gasteiger partial charge in [-0.1, -0.05) is 54.3 Å². The Kier molecular flexibility index (Phi) is 3.38. The van der Waals surface area contributed by atoms with Gasteiger partial charge in [0.05, 0.1) is 6.42 Å². The van der Waals surface area contributed by atoms with E-state index < -0.39 is 0 Å². The average Bonchev–Trinajstić information content (AvgIpc) is 2.66. The minimum absolute atomic E-state index is 0.108. The highest BCUT2D eigenvalue weighted by Gasteiger charge is 2.23. The van der Waals surface area contributed by atoms with Gasteiger partial charge in [0.15, 0.2) is 0 Å². The Labute approximate surface area is 98.7 Å². The van der Waals surface area contributed by atoms with Gasteiger partial charge in [-0.15, -0.1) is 0 Å². The lowest BCUT2D eigenvalue weighted by Gasteiger charge is -2.14. The molecule has 78 valence electrons. The van der Waals surface area contributed by atoms with Crippen LogP contribution >= 0.6 is 24.0 Å².